The Labute approximate surface area is 172 Å². The summed E-state index contributed by atoms with van der Waals surface area (Å²) in [5.74, 6) is 0.00584. The molecule has 0 unspecified atom stereocenters. The molecule has 29 heavy (non-hydrogen) atoms. The van der Waals surface area contributed by atoms with Gasteiger partial charge in [0.25, 0.3) is 0 Å². The van der Waals surface area contributed by atoms with Crippen molar-refractivity contribution in [1.82, 2.24) is 0 Å². The summed E-state index contributed by atoms with van der Waals surface area (Å²) in [5.41, 5.74) is 5.88. The van der Waals surface area contributed by atoms with E-state index in [1.54, 1.807) is 0 Å². The first kappa shape index (κ1) is 20.5. The largest absolute Gasteiger partial charge is 0.489 e. The third-order valence-electron chi connectivity index (χ3n) is 4.93. The number of benzene rings is 3. The van der Waals surface area contributed by atoms with Crippen molar-refractivity contribution in [3.63, 3.8) is 0 Å². The SMILES string of the molecule is Cc1ccccc1N(C)Cc1ccc(COc2ccc(CCC(=O)O)cc2)cc1. The molecule has 0 heterocycles. The molecule has 0 saturated carbocycles. The van der Waals surface area contributed by atoms with Crippen molar-refractivity contribution >= 4 is 11.7 Å². The third-order valence-corrected chi connectivity index (χ3v) is 4.93. The molecule has 0 aliphatic rings. The second kappa shape index (κ2) is 9.78. The van der Waals surface area contributed by atoms with Crippen LogP contribution in [0.5, 0.6) is 5.75 Å². The first-order valence-electron chi connectivity index (χ1n) is 9.79. The molecule has 4 heteroatoms. The van der Waals surface area contributed by atoms with E-state index in [4.69, 9.17) is 9.84 Å². The molecule has 0 amide bonds. The number of aryl methyl sites for hydroxylation is 2. The van der Waals surface area contributed by atoms with Crippen molar-refractivity contribution in [1.29, 1.82) is 0 Å². The predicted octanol–water partition coefficient (Wildman–Crippen LogP) is 5.23. The van der Waals surface area contributed by atoms with Gasteiger partial charge in [0.2, 0.25) is 0 Å². The van der Waals surface area contributed by atoms with Crippen LogP contribution in [0, 0.1) is 6.92 Å². The lowest BCUT2D eigenvalue weighted by molar-refractivity contribution is -0.136. The number of hydrogen-bond acceptors (Lipinski definition) is 3. The van der Waals surface area contributed by atoms with Gasteiger partial charge in [-0.25, -0.2) is 0 Å². The minimum atomic E-state index is -0.779. The summed E-state index contributed by atoms with van der Waals surface area (Å²) in [6.07, 6.45) is 0.680. The van der Waals surface area contributed by atoms with Crippen molar-refractivity contribution < 1.29 is 14.6 Å². The normalized spacial score (nSPS) is 10.6. The number of carbonyl (C=O) groups is 1. The summed E-state index contributed by atoms with van der Waals surface area (Å²) < 4.78 is 5.85. The maximum Gasteiger partial charge on any atom is 0.303 e. The highest BCUT2D eigenvalue weighted by atomic mass is 16.5. The van der Waals surface area contributed by atoms with Gasteiger partial charge in [0.1, 0.15) is 12.4 Å². The fraction of sp³-hybridized carbons (Fsp3) is 0.240. The van der Waals surface area contributed by atoms with Crippen LogP contribution in [0.3, 0.4) is 0 Å². The zero-order valence-electron chi connectivity index (χ0n) is 17.0. The van der Waals surface area contributed by atoms with E-state index in [9.17, 15) is 4.79 Å². The van der Waals surface area contributed by atoms with Crippen molar-refractivity contribution in [2.75, 3.05) is 11.9 Å². The fourth-order valence-corrected chi connectivity index (χ4v) is 3.26. The topological polar surface area (TPSA) is 49.8 Å². The van der Waals surface area contributed by atoms with Gasteiger partial charge >= 0.3 is 5.97 Å². The smallest absolute Gasteiger partial charge is 0.303 e. The van der Waals surface area contributed by atoms with Gasteiger partial charge in [-0.05, 0) is 53.8 Å². The molecule has 0 bridgehead atoms. The molecule has 0 saturated heterocycles. The van der Waals surface area contributed by atoms with E-state index in [1.807, 2.05) is 24.3 Å². The minimum Gasteiger partial charge on any atom is -0.489 e. The summed E-state index contributed by atoms with van der Waals surface area (Å²) in [7, 11) is 2.11. The van der Waals surface area contributed by atoms with Crippen LogP contribution in [0.1, 0.15) is 28.7 Å². The Morgan fingerprint density at radius 2 is 1.52 bits per heavy atom. The zero-order chi connectivity index (χ0) is 20.6. The number of anilines is 1. The predicted molar refractivity (Wildman–Crippen MR) is 116 cm³/mol. The number of aliphatic carboxylic acids is 1. The van der Waals surface area contributed by atoms with Gasteiger partial charge in [-0.15, -0.1) is 0 Å². The van der Waals surface area contributed by atoms with E-state index >= 15 is 0 Å². The van der Waals surface area contributed by atoms with Gasteiger partial charge < -0.3 is 14.7 Å². The Balaban J connectivity index is 1.51. The number of carboxylic acids is 1. The van der Waals surface area contributed by atoms with Crippen LogP contribution in [0.25, 0.3) is 0 Å². The molecular formula is C25H27NO3. The minimum absolute atomic E-state index is 0.144. The maximum absolute atomic E-state index is 10.6. The Morgan fingerprint density at radius 1 is 0.897 bits per heavy atom. The van der Waals surface area contributed by atoms with Gasteiger partial charge in [-0.1, -0.05) is 54.6 Å². The highest BCUT2D eigenvalue weighted by Gasteiger charge is 2.05. The quantitative estimate of drug-likeness (QED) is 0.545. The molecule has 3 rings (SSSR count). The summed E-state index contributed by atoms with van der Waals surface area (Å²) >= 11 is 0. The molecule has 3 aromatic rings. The molecule has 0 aromatic heterocycles. The molecule has 0 aliphatic carbocycles. The maximum atomic E-state index is 10.6. The first-order chi connectivity index (χ1) is 14.0. The Bertz CT molecular complexity index is 933. The van der Waals surface area contributed by atoms with Crippen LogP contribution < -0.4 is 9.64 Å². The average molecular weight is 389 g/mol. The van der Waals surface area contributed by atoms with E-state index < -0.39 is 5.97 Å². The van der Waals surface area contributed by atoms with E-state index in [0.717, 1.165) is 23.4 Å². The number of nitrogens with zero attached hydrogens (tertiary/aromatic N) is 1. The number of ether oxygens (including phenoxy) is 1. The Morgan fingerprint density at radius 3 is 2.17 bits per heavy atom. The molecular weight excluding hydrogens is 362 g/mol. The second-order valence-corrected chi connectivity index (χ2v) is 7.29. The molecule has 0 fully saturated rings. The fourth-order valence-electron chi connectivity index (χ4n) is 3.26. The number of carboxylic acid groups (broad SMARTS) is 1. The Hall–Kier alpha value is -3.27. The highest BCUT2D eigenvalue weighted by molar-refractivity contribution is 5.67. The molecule has 150 valence electrons. The van der Waals surface area contributed by atoms with E-state index in [2.05, 4.69) is 67.4 Å². The van der Waals surface area contributed by atoms with Crippen LogP contribution >= 0.6 is 0 Å². The van der Waals surface area contributed by atoms with Crippen molar-refractivity contribution in [3.05, 3.63) is 95.1 Å². The summed E-state index contributed by atoms with van der Waals surface area (Å²) in [6, 6.07) is 24.5. The second-order valence-electron chi connectivity index (χ2n) is 7.29. The lowest BCUT2D eigenvalue weighted by atomic mass is 10.1. The van der Waals surface area contributed by atoms with E-state index in [1.165, 1.54) is 16.8 Å². The summed E-state index contributed by atoms with van der Waals surface area (Å²) in [4.78, 5) is 12.9. The average Bonchev–Trinajstić information content (AvgIpc) is 2.72. The van der Waals surface area contributed by atoms with Crippen LogP contribution in [0.2, 0.25) is 0 Å². The third kappa shape index (κ3) is 6.11. The van der Waals surface area contributed by atoms with Crippen LogP contribution in [-0.2, 0) is 24.4 Å². The molecule has 3 aromatic carbocycles. The van der Waals surface area contributed by atoms with Gasteiger partial charge in [0, 0.05) is 25.7 Å². The van der Waals surface area contributed by atoms with E-state index in [-0.39, 0.29) is 6.42 Å². The Kier molecular flexibility index (Phi) is 6.90. The molecule has 0 spiro atoms. The van der Waals surface area contributed by atoms with Gasteiger partial charge in [0.15, 0.2) is 0 Å². The lowest BCUT2D eigenvalue weighted by Gasteiger charge is -2.21. The van der Waals surface area contributed by atoms with Crippen LogP contribution in [0.4, 0.5) is 5.69 Å². The molecule has 0 aliphatic heterocycles. The van der Waals surface area contributed by atoms with Crippen molar-refractivity contribution in [3.8, 4) is 5.75 Å². The number of rotatable bonds is 9. The monoisotopic (exact) mass is 389 g/mol. The van der Waals surface area contributed by atoms with Gasteiger partial charge in [-0.2, -0.15) is 0 Å². The van der Waals surface area contributed by atoms with Crippen LogP contribution in [0.15, 0.2) is 72.8 Å². The van der Waals surface area contributed by atoms with E-state index in [0.29, 0.717) is 13.0 Å². The lowest BCUT2D eigenvalue weighted by Crippen LogP contribution is -2.17. The molecule has 0 atom stereocenters. The van der Waals surface area contributed by atoms with Gasteiger partial charge in [-0.3, -0.25) is 4.79 Å². The first-order valence-corrected chi connectivity index (χ1v) is 9.79. The molecule has 0 radical (unpaired) electrons. The summed E-state index contributed by atoms with van der Waals surface area (Å²) in [6.45, 7) is 3.48. The summed E-state index contributed by atoms with van der Waals surface area (Å²) in [5, 5.41) is 8.75. The zero-order valence-corrected chi connectivity index (χ0v) is 17.0. The standard InChI is InChI=1S/C25H27NO3/c1-19-5-3-4-6-24(19)26(2)17-21-7-9-22(10-8-21)18-29-23-14-11-20(12-15-23)13-16-25(27)28/h3-12,14-15H,13,16-18H2,1-2H3,(H,27,28). The highest BCUT2D eigenvalue weighted by Crippen LogP contribution is 2.20. The van der Waals surface area contributed by atoms with Crippen LogP contribution in [-0.4, -0.2) is 18.1 Å². The van der Waals surface area contributed by atoms with Gasteiger partial charge in [0.05, 0.1) is 0 Å². The molecule has 1 N–H and O–H groups in total. The number of hydrogen-bond donors (Lipinski definition) is 1. The van der Waals surface area contributed by atoms with Crippen molar-refractivity contribution in [2.45, 2.75) is 32.9 Å². The number of para-hydroxylation sites is 1. The van der Waals surface area contributed by atoms with Crippen molar-refractivity contribution in [2.24, 2.45) is 0 Å². The molecule has 4 nitrogen and oxygen atoms in total.